The van der Waals surface area contributed by atoms with Gasteiger partial charge in [0, 0.05) is 34.1 Å². The zero-order valence-electron chi connectivity index (χ0n) is 19.3. The molecule has 1 aliphatic rings. The Hall–Kier alpha value is -4.96. The lowest BCUT2D eigenvalue weighted by molar-refractivity contribution is 1.08. The first-order chi connectivity index (χ1) is 17.9. The third kappa shape index (κ3) is 2.53. The molecule has 0 spiro atoms. The Bertz CT molecular complexity index is 1930. The zero-order valence-corrected chi connectivity index (χ0v) is 19.3. The van der Waals surface area contributed by atoms with E-state index in [9.17, 15) is 0 Å². The van der Waals surface area contributed by atoms with Crippen LogP contribution in [0, 0.1) is 0 Å². The Labute approximate surface area is 207 Å². The third-order valence-electron chi connectivity index (χ3n) is 7.23. The van der Waals surface area contributed by atoms with Crippen molar-refractivity contribution in [2.24, 2.45) is 0 Å². The minimum atomic E-state index is 0.912. The van der Waals surface area contributed by atoms with Crippen molar-refractivity contribution in [3.63, 3.8) is 0 Å². The SMILES string of the molecule is c1ccc(-n2c3ccccc3c3c4c(ccc32)-c2cccc3cccc(c23)N4c2cccnc2)nc1. The van der Waals surface area contributed by atoms with Crippen molar-refractivity contribution < 1.29 is 0 Å². The summed E-state index contributed by atoms with van der Waals surface area (Å²) in [4.78, 5) is 11.6. The second-order valence-corrected chi connectivity index (χ2v) is 9.12. The van der Waals surface area contributed by atoms with E-state index in [1.807, 2.05) is 36.8 Å². The molecule has 4 aromatic carbocycles. The summed E-state index contributed by atoms with van der Waals surface area (Å²) in [6.07, 6.45) is 5.64. The molecule has 168 valence electrons. The van der Waals surface area contributed by atoms with Crippen LogP contribution < -0.4 is 4.90 Å². The Morgan fingerprint density at radius 3 is 2.33 bits per heavy atom. The average Bonchev–Trinajstić information content (AvgIpc) is 3.29. The summed E-state index contributed by atoms with van der Waals surface area (Å²) in [7, 11) is 0. The number of benzene rings is 4. The van der Waals surface area contributed by atoms with Gasteiger partial charge in [-0.05, 0) is 53.4 Å². The number of para-hydroxylation sites is 1. The smallest absolute Gasteiger partial charge is 0.137 e. The molecule has 0 unspecified atom stereocenters. The number of aromatic nitrogens is 3. The first kappa shape index (κ1) is 19.4. The van der Waals surface area contributed by atoms with Crippen LogP contribution in [0.1, 0.15) is 0 Å². The predicted octanol–water partition coefficient (Wildman–Crippen LogP) is 8.18. The molecule has 7 aromatic rings. The van der Waals surface area contributed by atoms with E-state index in [2.05, 4.69) is 99.4 Å². The molecule has 8 rings (SSSR count). The van der Waals surface area contributed by atoms with Gasteiger partial charge < -0.3 is 4.90 Å². The molecule has 36 heavy (non-hydrogen) atoms. The van der Waals surface area contributed by atoms with E-state index in [4.69, 9.17) is 4.98 Å². The van der Waals surface area contributed by atoms with E-state index in [1.165, 1.54) is 44.0 Å². The molecule has 3 aromatic heterocycles. The average molecular weight is 461 g/mol. The van der Waals surface area contributed by atoms with Crippen molar-refractivity contribution in [2.75, 3.05) is 4.90 Å². The van der Waals surface area contributed by atoms with Gasteiger partial charge in [0.1, 0.15) is 5.82 Å². The molecule has 0 atom stereocenters. The van der Waals surface area contributed by atoms with Gasteiger partial charge in [-0.25, -0.2) is 4.98 Å². The van der Waals surface area contributed by atoms with Gasteiger partial charge in [0.25, 0.3) is 0 Å². The molecule has 4 nitrogen and oxygen atoms in total. The molecule has 0 radical (unpaired) electrons. The van der Waals surface area contributed by atoms with Gasteiger partial charge in [-0.3, -0.25) is 9.55 Å². The van der Waals surface area contributed by atoms with Gasteiger partial charge >= 0.3 is 0 Å². The van der Waals surface area contributed by atoms with Gasteiger partial charge in [-0.2, -0.15) is 0 Å². The molecule has 0 aliphatic carbocycles. The van der Waals surface area contributed by atoms with Gasteiger partial charge in [0.2, 0.25) is 0 Å². The highest BCUT2D eigenvalue weighted by Gasteiger charge is 2.30. The number of nitrogens with zero attached hydrogens (tertiary/aromatic N) is 4. The fourth-order valence-corrected chi connectivity index (χ4v) is 5.83. The van der Waals surface area contributed by atoms with Crippen LogP contribution in [0.3, 0.4) is 0 Å². The topological polar surface area (TPSA) is 34.0 Å². The molecule has 0 saturated carbocycles. The number of rotatable bonds is 2. The lowest BCUT2D eigenvalue weighted by Gasteiger charge is -2.34. The fraction of sp³-hybridized carbons (Fsp3) is 0. The van der Waals surface area contributed by atoms with Crippen molar-refractivity contribution in [3.05, 3.63) is 122 Å². The van der Waals surface area contributed by atoms with Crippen LogP contribution in [0.25, 0.3) is 49.5 Å². The molecule has 0 N–H and O–H groups in total. The Kier molecular flexibility index (Phi) is 3.91. The molecule has 1 aliphatic heterocycles. The highest BCUT2D eigenvalue weighted by Crippen LogP contribution is 2.54. The zero-order chi connectivity index (χ0) is 23.6. The first-order valence-corrected chi connectivity index (χ1v) is 12.1. The van der Waals surface area contributed by atoms with Crippen molar-refractivity contribution in [1.82, 2.24) is 14.5 Å². The highest BCUT2D eigenvalue weighted by atomic mass is 15.2. The summed E-state index contributed by atoms with van der Waals surface area (Å²) in [5.74, 6) is 0.912. The van der Waals surface area contributed by atoms with Gasteiger partial charge in [-0.15, -0.1) is 0 Å². The molecular weight excluding hydrogens is 440 g/mol. The van der Waals surface area contributed by atoms with E-state index >= 15 is 0 Å². The van der Waals surface area contributed by atoms with Crippen LogP contribution in [0.15, 0.2) is 122 Å². The van der Waals surface area contributed by atoms with Gasteiger partial charge in [-0.1, -0.05) is 60.7 Å². The van der Waals surface area contributed by atoms with E-state index in [0.717, 1.165) is 22.5 Å². The number of hydrogen-bond acceptors (Lipinski definition) is 3. The molecule has 0 saturated heterocycles. The maximum Gasteiger partial charge on any atom is 0.137 e. The monoisotopic (exact) mass is 460 g/mol. The third-order valence-corrected chi connectivity index (χ3v) is 7.23. The molecule has 4 heterocycles. The fourth-order valence-electron chi connectivity index (χ4n) is 5.83. The Balaban J connectivity index is 1.60. The molecule has 4 heteroatoms. The normalized spacial score (nSPS) is 12.4. The summed E-state index contributed by atoms with van der Waals surface area (Å²) in [5, 5.41) is 4.92. The maximum absolute atomic E-state index is 4.72. The highest BCUT2D eigenvalue weighted by molar-refractivity contribution is 6.24. The second kappa shape index (κ2) is 7.27. The van der Waals surface area contributed by atoms with Gasteiger partial charge in [0.05, 0.1) is 34.3 Å². The summed E-state index contributed by atoms with van der Waals surface area (Å²) >= 11 is 0. The van der Waals surface area contributed by atoms with E-state index in [-0.39, 0.29) is 0 Å². The van der Waals surface area contributed by atoms with E-state index in [0.29, 0.717) is 0 Å². The molecule has 0 amide bonds. The largest absolute Gasteiger partial charge is 0.307 e. The molecule has 0 fully saturated rings. The van der Waals surface area contributed by atoms with Crippen LogP contribution in [0.4, 0.5) is 17.1 Å². The van der Waals surface area contributed by atoms with Crippen LogP contribution in [-0.2, 0) is 0 Å². The number of anilines is 3. The standard InChI is InChI=1S/C32H20N4/c1-2-13-26-25(11-1)31-28(36(26)29-15-3-4-19-34-29)17-16-24-23-12-5-8-21-9-6-14-27(30(21)23)35(32(24)31)22-10-7-18-33-20-22/h1-20H. The quantitative estimate of drug-likeness (QED) is 0.261. The maximum atomic E-state index is 4.72. The summed E-state index contributed by atoms with van der Waals surface area (Å²) in [6, 6.07) is 36.5. The van der Waals surface area contributed by atoms with Crippen LogP contribution in [-0.4, -0.2) is 14.5 Å². The van der Waals surface area contributed by atoms with Crippen LogP contribution >= 0.6 is 0 Å². The Morgan fingerprint density at radius 2 is 1.47 bits per heavy atom. The van der Waals surface area contributed by atoms with Crippen LogP contribution in [0.5, 0.6) is 0 Å². The van der Waals surface area contributed by atoms with Gasteiger partial charge in [0.15, 0.2) is 0 Å². The van der Waals surface area contributed by atoms with Crippen molar-refractivity contribution in [2.45, 2.75) is 0 Å². The lowest BCUT2D eigenvalue weighted by atomic mass is 9.89. The predicted molar refractivity (Wildman–Crippen MR) is 148 cm³/mol. The molecule has 0 bridgehead atoms. The van der Waals surface area contributed by atoms with Crippen molar-refractivity contribution in [3.8, 4) is 16.9 Å². The summed E-state index contributed by atoms with van der Waals surface area (Å²) < 4.78 is 2.27. The summed E-state index contributed by atoms with van der Waals surface area (Å²) in [5.41, 5.74) is 8.15. The lowest BCUT2D eigenvalue weighted by Crippen LogP contribution is -2.15. The minimum Gasteiger partial charge on any atom is -0.307 e. The minimum absolute atomic E-state index is 0.912. The first-order valence-electron chi connectivity index (χ1n) is 12.1. The van der Waals surface area contributed by atoms with Crippen molar-refractivity contribution >= 4 is 49.6 Å². The second-order valence-electron chi connectivity index (χ2n) is 9.12. The van der Waals surface area contributed by atoms with Crippen molar-refractivity contribution in [1.29, 1.82) is 0 Å². The number of fused-ring (bicyclic) bond motifs is 6. The number of hydrogen-bond donors (Lipinski definition) is 0. The Morgan fingerprint density at radius 1 is 0.583 bits per heavy atom. The van der Waals surface area contributed by atoms with E-state index in [1.54, 1.807) is 0 Å². The number of pyridine rings is 2. The van der Waals surface area contributed by atoms with E-state index < -0.39 is 0 Å². The van der Waals surface area contributed by atoms with Crippen LogP contribution in [0.2, 0.25) is 0 Å². The summed E-state index contributed by atoms with van der Waals surface area (Å²) in [6.45, 7) is 0. The molecular formula is C32H20N4.